The molecule has 0 saturated heterocycles. The molecule has 21 heavy (non-hydrogen) atoms. The Morgan fingerprint density at radius 2 is 2.33 bits per heavy atom. The summed E-state index contributed by atoms with van der Waals surface area (Å²) in [5, 5.41) is 27.4. The van der Waals surface area contributed by atoms with Crippen molar-refractivity contribution in [2.24, 2.45) is 0 Å². The van der Waals surface area contributed by atoms with E-state index in [-0.39, 0.29) is 18.5 Å². The summed E-state index contributed by atoms with van der Waals surface area (Å²) >= 11 is 0. The summed E-state index contributed by atoms with van der Waals surface area (Å²) in [6.07, 6.45) is 3.51. The van der Waals surface area contributed by atoms with Crippen LogP contribution < -0.4 is 5.32 Å². The van der Waals surface area contributed by atoms with Gasteiger partial charge in [0.2, 0.25) is 11.8 Å². The first kappa shape index (κ1) is 13.7. The molecule has 9 heteroatoms. The summed E-state index contributed by atoms with van der Waals surface area (Å²) in [7, 11) is 0. The highest BCUT2D eigenvalue weighted by Crippen LogP contribution is 2.39. The molecule has 9 nitrogen and oxygen atoms in total. The fourth-order valence-electron chi connectivity index (χ4n) is 1.84. The van der Waals surface area contributed by atoms with Crippen LogP contribution in [0.25, 0.3) is 0 Å². The molecule has 2 N–H and O–H groups in total. The Morgan fingerprint density at radius 3 is 3.05 bits per heavy atom. The number of carbonyl (C=O) groups is 1. The highest BCUT2D eigenvalue weighted by atomic mass is 16.4. The van der Waals surface area contributed by atoms with E-state index in [1.165, 1.54) is 10.9 Å². The van der Waals surface area contributed by atoms with E-state index in [4.69, 9.17) is 4.42 Å². The lowest BCUT2D eigenvalue weighted by atomic mass is 10.2. The molecule has 1 aliphatic rings. The fourth-order valence-corrected chi connectivity index (χ4v) is 1.84. The van der Waals surface area contributed by atoms with Gasteiger partial charge in [-0.05, 0) is 19.3 Å². The summed E-state index contributed by atoms with van der Waals surface area (Å²) in [6.45, 7) is 1.80. The van der Waals surface area contributed by atoms with Crippen LogP contribution in [0.3, 0.4) is 0 Å². The number of carbonyl (C=O) groups excluding carboxylic acids is 1. The smallest absolute Gasteiger partial charge is 0.322 e. The first-order valence-corrected chi connectivity index (χ1v) is 6.87. The van der Waals surface area contributed by atoms with Crippen molar-refractivity contribution in [3.63, 3.8) is 0 Å². The van der Waals surface area contributed by atoms with Gasteiger partial charge in [-0.1, -0.05) is 17.2 Å². The largest absolute Gasteiger partial charge is 0.408 e. The Bertz CT molecular complexity index is 632. The number of aliphatic hydroxyl groups is 1. The van der Waals surface area contributed by atoms with Gasteiger partial charge in [0, 0.05) is 5.92 Å². The average Bonchev–Trinajstić information content (AvgIpc) is 3.05. The minimum atomic E-state index is -0.668. The van der Waals surface area contributed by atoms with E-state index < -0.39 is 6.10 Å². The molecule has 112 valence electrons. The van der Waals surface area contributed by atoms with Crippen molar-refractivity contribution < 1.29 is 14.3 Å². The number of amides is 1. The van der Waals surface area contributed by atoms with Gasteiger partial charge in [-0.3, -0.25) is 10.1 Å². The van der Waals surface area contributed by atoms with Crippen molar-refractivity contribution in [2.75, 3.05) is 5.32 Å². The maximum Gasteiger partial charge on any atom is 0.322 e. The molecule has 1 amide bonds. The van der Waals surface area contributed by atoms with Crippen molar-refractivity contribution in [3.8, 4) is 0 Å². The summed E-state index contributed by atoms with van der Waals surface area (Å²) in [4.78, 5) is 11.8. The van der Waals surface area contributed by atoms with Crippen LogP contribution in [0.1, 0.15) is 49.8 Å². The van der Waals surface area contributed by atoms with Gasteiger partial charge in [0.05, 0.1) is 12.3 Å². The second-order valence-corrected chi connectivity index (χ2v) is 5.03. The van der Waals surface area contributed by atoms with E-state index >= 15 is 0 Å². The predicted molar refractivity (Wildman–Crippen MR) is 70.2 cm³/mol. The molecule has 0 aromatic carbocycles. The fraction of sp³-hybridized carbons (Fsp3) is 0.583. The topological polar surface area (TPSA) is 119 Å². The normalized spacial score (nSPS) is 15.9. The average molecular weight is 292 g/mol. The maximum atomic E-state index is 11.8. The number of nitrogens with zero attached hydrogens (tertiary/aromatic N) is 5. The first-order chi connectivity index (χ1) is 10.2. The molecule has 3 rings (SSSR count). The quantitative estimate of drug-likeness (QED) is 0.800. The zero-order chi connectivity index (χ0) is 14.8. The van der Waals surface area contributed by atoms with Gasteiger partial charge in [-0.2, -0.15) is 0 Å². The van der Waals surface area contributed by atoms with Crippen LogP contribution in [0.4, 0.5) is 6.01 Å². The predicted octanol–water partition coefficient (Wildman–Crippen LogP) is 0.621. The minimum Gasteiger partial charge on any atom is -0.408 e. The molecule has 0 bridgehead atoms. The van der Waals surface area contributed by atoms with Crippen molar-refractivity contribution in [1.82, 2.24) is 25.2 Å². The van der Waals surface area contributed by atoms with Gasteiger partial charge in [-0.25, -0.2) is 4.68 Å². The van der Waals surface area contributed by atoms with Crippen molar-refractivity contribution in [3.05, 3.63) is 17.8 Å². The Morgan fingerprint density at radius 1 is 1.52 bits per heavy atom. The SMILES string of the molecule is CCC(O)c1cn(CC(=O)Nc2nnc(C3CC3)o2)nn1. The number of rotatable bonds is 6. The summed E-state index contributed by atoms with van der Waals surface area (Å²) in [5.74, 6) is 0.569. The number of aliphatic hydroxyl groups excluding tert-OH is 1. The van der Waals surface area contributed by atoms with Crippen LogP contribution in [0.5, 0.6) is 0 Å². The molecule has 2 aromatic rings. The molecule has 0 aliphatic heterocycles. The monoisotopic (exact) mass is 292 g/mol. The lowest BCUT2D eigenvalue weighted by Crippen LogP contribution is -2.19. The van der Waals surface area contributed by atoms with Crippen LogP contribution in [0, 0.1) is 0 Å². The van der Waals surface area contributed by atoms with Crippen molar-refractivity contribution >= 4 is 11.9 Å². The standard InChI is InChI=1S/C12H16N6O3/c1-2-9(19)8-5-18(17-14-8)6-10(20)13-12-16-15-11(21-12)7-3-4-7/h5,7,9,19H,2-4,6H2,1H3,(H,13,16,20). The van der Waals surface area contributed by atoms with Crippen molar-refractivity contribution in [2.45, 2.75) is 44.8 Å². The van der Waals surface area contributed by atoms with E-state index in [1.807, 2.05) is 6.92 Å². The van der Waals surface area contributed by atoms with Crippen LogP contribution in [-0.2, 0) is 11.3 Å². The van der Waals surface area contributed by atoms with E-state index in [9.17, 15) is 9.90 Å². The zero-order valence-corrected chi connectivity index (χ0v) is 11.6. The molecular formula is C12H16N6O3. The van der Waals surface area contributed by atoms with Gasteiger partial charge in [0.15, 0.2) is 0 Å². The van der Waals surface area contributed by atoms with Crippen LogP contribution in [-0.4, -0.2) is 36.2 Å². The Hall–Kier alpha value is -2.29. The third kappa shape index (κ3) is 3.24. The summed E-state index contributed by atoms with van der Waals surface area (Å²) in [6, 6.07) is 0.0934. The maximum absolute atomic E-state index is 11.8. The van der Waals surface area contributed by atoms with Gasteiger partial charge < -0.3 is 9.52 Å². The molecule has 1 aliphatic carbocycles. The Labute approximate surface area is 120 Å². The lowest BCUT2D eigenvalue weighted by Gasteiger charge is -2.01. The third-order valence-electron chi connectivity index (χ3n) is 3.20. The third-order valence-corrected chi connectivity index (χ3v) is 3.20. The molecule has 2 heterocycles. The number of hydrogen-bond acceptors (Lipinski definition) is 7. The second kappa shape index (κ2) is 5.60. The molecule has 1 unspecified atom stereocenters. The number of nitrogens with one attached hydrogen (secondary N) is 1. The summed E-state index contributed by atoms with van der Waals surface area (Å²) < 4.78 is 6.69. The van der Waals surface area contributed by atoms with Crippen LogP contribution in [0.15, 0.2) is 10.6 Å². The molecule has 0 radical (unpaired) electrons. The van der Waals surface area contributed by atoms with Gasteiger partial charge in [-0.15, -0.1) is 10.2 Å². The molecule has 1 fully saturated rings. The molecule has 0 spiro atoms. The van der Waals surface area contributed by atoms with Gasteiger partial charge in [0.25, 0.3) is 0 Å². The molecule has 2 aromatic heterocycles. The number of anilines is 1. The van der Waals surface area contributed by atoms with E-state index in [0.29, 0.717) is 23.9 Å². The Balaban J connectivity index is 1.56. The minimum absolute atomic E-state index is 0.0371. The van der Waals surface area contributed by atoms with Crippen LogP contribution >= 0.6 is 0 Å². The second-order valence-electron chi connectivity index (χ2n) is 5.03. The Kier molecular flexibility index (Phi) is 3.65. The molecular weight excluding hydrogens is 276 g/mol. The van der Waals surface area contributed by atoms with Gasteiger partial charge >= 0.3 is 6.01 Å². The number of aromatic nitrogens is 5. The molecule has 1 saturated carbocycles. The van der Waals surface area contributed by atoms with E-state index in [0.717, 1.165) is 12.8 Å². The highest BCUT2D eigenvalue weighted by Gasteiger charge is 2.29. The van der Waals surface area contributed by atoms with E-state index in [1.54, 1.807) is 0 Å². The zero-order valence-electron chi connectivity index (χ0n) is 11.6. The highest BCUT2D eigenvalue weighted by molar-refractivity contribution is 5.88. The number of hydrogen-bond donors (Lipinski definition) is 2. The van der Waals surface area contributed by atoms with Crippen LogP contribution in [0.2, 0.25) is 0 Å². The van der Waals surface area contributed by atoms with E-state index in [2.05, 4.69) is 25.8 Å². The first-order valence-electron chi connectivity index (χ1n) is 6.87. The lowest BCUT2D eigenvalue weighted by molar-refractivity contribution is -0.117. The summed E-state index contributed by atoms with van der Waals surface area (Å²) in [5.41, 5.74) is 0.444. The molecule has 1 atom stereocenters. The van der Waals surface area contributed by atoms with Crippen molar-refractivity contribution in [1.29, 1.82) is 0 Å². The van der Waals surface area contributed by atoms with Gasteiger partial charge in [0.1, 0.15) is 12.2 Å².